The highest BCUT2D eigenvalue weighted by Gasteiger charge is 2.41. The Balaban J connectivity index is 2.03. The van der Waals surface area contributed by atoms with E-state index in [9.17, 15) is 4.79 Å². The zero-order valence-corrected chi connectivity index (χ0v) is 12.3. The van der Waals surface area contributed by atoms with E-state index in [2.05, 4.69) is 36.5 Å². The number of nitrogens with zero attached hydrogens (tertiary/aromatic N) is 2. The van der Waals surface area contributed by atoms with Gasteiger partial charge in [0.05, 0.1) is 6.20 Å². The van der Waals surface area contributed by atoms with Crippen LogP contribution in [-0.4, -0.2) is 21.4 Å². The Labute approximate surface area is 114 Å². The molecule has 2 N–H and O–H groups in total. The van der Waals surface area contributed by atoms with E-state index in [-0.39, 0.29) is 11.6 Å². The Kier molecular flexibility index (Phi) is 3.83. The van der Waals surface area contributed by atoms with Gasteiger partial charge in [0.25, 0.3) is 0 Å². The van der Waals surface area contributed by atoms with Crippen LogP contribution >= 0.6 is 0 Å². The van der Waals surface area contributed by atoms with Gasteiger partial charge in [-0.1, -0.05) is 20.8 Å². The molecule has 0 radical (unpaired) electrons. The minimum absolute atomic E-state index is 0.0188. The van der Waals surface area contributed by atoms with Gasteiger partial charge in [0, 0.05) is 18.2 Å². The summed E-state index contributed by atoms with van der Waals surface area (Å²) >= 11 is 0. The van der Waals surface area contributed by atoms with Crippen molar-refractivity contribution in [1.82, 2.24) is 15.1 Å². The third kappa shape index (κ3) is 2.60. The third-order valence-corrected chi connectivity index (χ3v) is 4.34. The number of nitrogens with one attached hydrogen (secondary N) is 2. The van der Waals surface area contributed by atoms with E-state index in [4.69, 9.17) is 0 Å². The van der Waals surface area contributed by atoms with Gasteiger partial charge in [-0.2, -0.15) is 5.10 Å². The summed E-state index contributed by atoms with van der Waals surface area (Å²) < 4.78 is 1.71. The fourth-order valence-electron chi connectivity index (χ4n) is 2.67. The van der Waals surface area contributed by atoms with Gasteiger partial charge in [-0.3, -0.25) is 10.00 Å². The summed E-state index contributed by atoms with van der Waals surface area (Å²) in [7, 11) is 1.84. The number of carbonyl (C=O) groups excluding carboxylic acids is 1. The lowest BCUT2D eigenvalue weighted by atomic mass is 9.69. The van der Waals surface area contributed by atoms with Crippen LogP contribution in [-0.2, 0) is 13.5 Å². The maximum atomic E-state index is 12.2. The van der Waals surface area contributed by atoms with Gasteiger partial charge in [0.1, 0.15) is 5.82 Å². The van der Waals surface area contributed by atoms with Crippen LogP contribution in [0.25, 0.3) is 0 Å². The van der Waals surface area contributed by atoms with Gasteiger partial charge in [-0.05, 0) is 31.6 Å². The lowest BCUT2D eigenvalue weighted by molar-refractivity contribution is 0.132. The number of urea groups is 1. The van der Waals surface area contributed by atoms with Crippen LogP contribution in [0.5, 0.6) is 0 Å². The third-order valence-electron chi connectivity index (χ3n) is 4.34. The topological polar surface area (TPSA) is 59.0 Å². The molecule has 1 fully saturated rings. The van der Waals surface area contributed by atoms with Crippen LogP contribution in [0, 0.1) is 5.92 Å². The molecule has 1 aromatic heterocycles. The molecule has 0 unspecified atom stereocenters. The maximum Gasteiger partial charge on any atom is 0.320 e. The van der Waals surface area contributed by atoms with E-state index in [1.807, 2.05) is 7.05 Å². The molecule has 0 aliphatic heterocycles. The Morgan fingerprint density at radius 1 is 1.53 bits per heavy atom. The molecule has 1 aliphatic carbocycles. The molecule has 1 aromatic rings. The molecule has 0 aromatic carbocycles. The Bertz CT molecular complexity index is 460. The minimum atomic E-state index is -0.119. The van der Waals surface area contributed by atoms with Crippen molar-refractivity contribution in [1.29, 1.82) is 0 Å². The highest BCUT2D eigenvalue weighted by Crippen LogP contribution is 2.38. The largest absolute Gasteiger partial charge is 0.332 e. The number of carbonyl (C=O) groups is 1. The molecule has 1 aliphatic rings. The number of aryl methyl sites for hydroxylation is 2. The minimum Gasteiger partial charge on any atom is -0.332 e. The predicted molar refractivity (Wildman–Crippen MR) is 76.2 cm³/mol. The molecule has 0 bridgehead atoms. The van der Waals surface area contributed by atoms with Gasteiger partial charge in [0.15, 0.2) is 0 Å². The van der Waals surface area contributed by atoms with Crippen molar-refractivity contribution in [2.75, 3.05) is 5.32 Å². The summed E-state index contributed by atoms with van der Waals surface area (Å²) in [5.74, 6) is 1.25. The molecule has 0 spiro atoms. The molecule has 1 heterocycles. The van der Waals surface area contributed by atoms with E-state index < -0.39 is 0 Å². The monoisotopic (exact) mass is 264 g/mol. The van der Waals surface area contributed by atoms with Crippen molar-refractivity contribution < 1.29 is 4.79 Å². The van der Waals surface area contributed by atoms with Crippen LogP contribution in [0.4, 0.5) is 10.6 Å². The van der Waals surface area contributed by atoms with E-state index in [0.29, 0.717) is 5.92 Å². The molecule has 0 saturated heterocycles. The van der Waals surface area contributed by atoms with Gasteiger partial charge >= 0.3 is 6.03 Å². The summed E-state index contributed by atoms with van der Waals surface area (Å²) in [6.45, 7) is 6.39. The maximum absolute atomic E-state index is 12.2. The van der Waals surface area contributed by atoms with Crippen molar-refractivity contribution >= 4 is 11.8 Å². The number of rotatable bonds is 4. The molecule has 5 nitrogen and oxygen atoms in total. The number of anilines is 1. The molecule has 19 heavy (non-hydrogen) atoms. The summed E-state index contributed by atoms with van der Waals surface area (Å²) in [5.41, 5.74) is 1.04. The Hall–Kier alpha value is -1.52. The van der Waals surface area contributed by atoms with Gasteiger partial charge in [-0.25, -0.2) is 4.79 Å². The van der Waals surface area contributed by atoms with Crippen molar-refractivity contribution in [2.45, 2.75) is 52.0 Å². The highest BCUT2D eigenvalue weighted by atomic mass is 16.2. The first kappa shape index (κ1) is 13.9. The first-order valence-electron chi connectivity index (χ1n) is 7.08. The SMILES string of the molecule is CCc1cnn(C)c1NC(=O)NC1(C(C)C)CCC1. The lowest BCUT2D eigenvalue weighted by Gasteiger charge is -2.46. The Morgan fingerprint density at radius 2 is 2.21 bits per heavy atom. The van der Waals surface area contributed by atoms with Crippen LogP contribution in [0.3, 0.4) is 0 Å². The van der Waals surface area contributed by atoms with E-state index >= 15 is 0 Å². The van der Waals surface area contributed by atoms with Crippen molar-refractivity contribution in [3.05, 3.63) is 11.8 Å². The molecule has 106 valence electrons. The smallest absolute Gasteiger partial charge is 0.320 e. The average Bonchev–Trinajstić information content (AvgIpc) is 2.65. The zero-order valence-electron chi connectivity index (χ0n) is 12.3. The summed E-state index contributed by atoms with van der Waals surface area (Å²) in [6.07, 6.45) is 6.01. The van der Waals surface area contributed by atoms with Crippen LogP contribution in [0.1, 0.15) is 45.6 Å². The van der Waals surface area contributed by atoms with Crippen molar-refractivity contribution in [2.24, 2.45) is 13.0 Å². The van der Waals surface area contributed by atoms with Gasteiger partial charge in [-0.15, -0.1) is 0 Å². The van der Waals surface area contributed by atoms with Gasteiger partial charge < -0.3 is 5.32 Å². The molecule has 2 amide bonds. The van der Waals surface area contributed by atoms with Crippen LogP contribution in [0.15, 0.2) is 6.20 Å². The highest BCUT2D eigenvalue weighted by molar-refractivity contribution is 5.89. The fourth-order valence-corrected chi connectivity index (χ4v) is 2.67. The number of hydrogen-bond donors (Lipinski definition) is 2. The second-order valence-electron chi connectivity index (χ2n) is 5.74. The molecule has 5 heteroatoms. The molecule has 1 saturated carbocycles. The molecular formula is C14H24N4O. The second-order valence-corrected chi connectivity index (χ2v) is 5.74. The molecule has 0 atom stereocenters. The predicted octanol–water partition coefficient (Wildman–Crippen LogP) is 2.68. The van der Waals surface area contributed by atoms with Crippen molar-refractivity contribution in [3.63, 3.8) is 0 Å². The Morgan fingerprint density at radius 3 is 2.68 bits per heavy atom. The number of hydrogen-bond acceptors (Lipinski definition) is 2. The number of aromatic nitrogens is 2. The molecule has 2 rings (SSSR count). The van der Waals surface area contributed by atoms with Crippen LogP contribution in [0.2, 0.25) is 0 Å². The summed E-state index contributed by atoms with van der Waals surface area (Å²) in [4.78, 5) is 12.2. The standard InChI is InChI=1S/C14H24N4O/c1-5-11-9-15-18(4)12(11)16-13(19)17-14(10(2)3)7-6-8-14/h9-10H,5-8H2,1-4H3,(H2,16,17,19). The van der Waals surface area contributed by atoms with Crippen molar-refractivity contribution in [3.8, 4) is 0 Å². The lowest BCUT2D eigenvalue weighted by Crippen LogP contribution is -2.58. The van der Waals surface area contributed by atoms with Crippen LogP contribution < -0.4 is 10.6 Å². The zero-order chi connectivity index (χ0) is 14.0. The van der Waals surface area contributed by atoms with Gasteiger partial charge in [0.2, 0.25) is 0 Å². The van der Waals surface area contributed by atoms with E-state index in [0.717, 1.165) is 30.6 Å². The first-order valence-corrected chi connectivity index (χ1v) is 7.08. The average molecular weight is 264 g/mol. The second kappa shape index (κ2) is 5.23. The fraction of sp³-hybridized carbons (Fsp3) is 0.714. The molecular weight excluding hydrogens is 240 g/mol. The normalized spacial score (nSPS) is 17.1. The number of amides is 2. The summed E-state index contributed by atoms with van der Waals surface area (Å²) in [6, 6.07) is -0.119. The first-order chi connectivity index (χ1) is 8.98. The van der Waals surface area contributed by atoms with E-state index in [1.54, 1.807) is 10.9 Å². The summed E-state index contributed by atoms with van der Waals surface area (Å²) in [5, 5.41) is 10.3. The quantitative estimate of drug-likeness (QED) is 0.878. The van der Waals surface area contributed by atoms with E-state index in [1.165, 1.54) is 6.42 Å².